The first-order valence-electron chi connectivity index (χ1n) is 10.6. The third-order valence-corrected chi connectivity index (χ3v) is 6.74. The number of aromatic amines is 1. The Bertz CT molecular complexity index is 1190. The summed E-state index contributed by atoms with van der Waals surface area (Å²) in [6.07, 6.45) is 0. The van der Waals surface area contributed by atoms with Gasteiger partial charge in [0.2, 0.25) is 11.7 Å². The molecule has 1 amide bonds. The van der Waals surface area contributed by atoms with Crippen LogP contribution in [0, 0.1) is 6.92 Å². The molecule has 1 fully saturated rings. The molecule has 0 radical (unpaired) electrons. The van der Waals surface area contributed by atoms with Crippen molar-refractivity contribution in [1.82, 2.24) is 30.1 Å². The fraction of sp³-hybridized carbons (Fsp3) is 0.304. The smallest absolute Gasteiger partial charge is 0.274 e. The van der Waals surface area contributed by atoms with Crippen LogP contribution in [-0.4, -0.2) is 62.2 Å². The number of rotatable bonds is 5. The second-order valence-electron chi connectivity index (χ2n) is 7.97. The lowest BCUT2D eigenvalue weighted by molar-refractivity contribution is 0.0546. The minimum Gasteiger partial charge on any atom is -0.337 e. The Balaban J connectivity index is 1.20. The molecule has 5 rings (SSSR count). The average Bonchev–Trinajstić information content (AvgIpc) is 3.60. The van der Waals surface area contributed by atoms with Crippen LogP contribution in [-0.2, 0) is 0 Å². The maximum absolute atomic E-state index is 12.9. The normalized spacial score (nSPS) is 15.8. The van der Waals surface area contributed by atoms with Gasteiger partial charge in [0, 0.05) is 31.7 Å². The minimum absolute atomic E-state index is 0.0187. The van der Waals surface area contributed by atoms with Gasteiger partial charge in [0.15, 0.2) is 5.69 Å². The van der Waals surface area contributed by atoms with Gasteiger partial charge >= 0.3 is 0 Å². The summed E-state index contributed by atoms with van der Waals surface area (Å²) in [5, 5.41) is 13.4. The third-order valence-electron chi connectivity index (χ3n) is 5.84. The van der Waals surface area contributed by atoms with E-state index in [2.05, 4.69) is 32.2 Å². The lowest BCUT2D eigenvalue weighted by Gasteiger charge is -2.36. The Hall–Kier alpha value is -3.30. The summed E-state index contributed by atoms with van der Waals surface area (Å²) in [6.45, 7) is 6.83. The van der Waals surface area contributed by atoms with Crippen molar-refractivity contribution < 1.29 is 9.32 Å². The molecule has 3 aromatic heterocycles. The van der Waals surface area contributed by atoms with Crippen LogP contribution in [0.5, 0.6) is 0 Å². The van der Waals surface area contributed by atoms with E-state index in [1.54, 1.807) is 11.3 Å². The number of aryl methyl sites for hydroxylation is 1. The molecule has 1 saturated heterocycles. The number of nitrogens with one attached hydrogen (secondary N) is 1. The Labute approximate surface area is 189 Å². The summed E-state index contributed by atoms with van der Waals surface area (Å²) in [4.78, 5) is 22.7. The molecule has 1 aliphatic rings. The van der Waals surface area contributed by atoms with Crippen LogP contribution in [0.25, 0.3) is 22.0 Å². The summed E-state index contributed by atoms with van der Waals surface area (Å²) in [5.74, 6) is 1.14. The number of H-pyrrole nitrogens is 1. The standard InChI is InChI=1S/C23H24N6O2S/c1-15-5-7-17(8-6-15)21-24-22(31-27-21)16(2)28-9-11-29(12-10-28)23(30)19-14-18(25-26-19)20-4-3-13-32-20/h3-8,13-14,16H,9-12H2,1-2H3,(H,25,26). The maximum Gasteiger partial charge on any atom is 0.274 e. The number of nitrogens with zero attached hydrogens (tertiary/aromatic N) is 5. The summed E-state index contributed by atoms with van der Waals surface area (Å²) in [6, 6.07) is 13.9. The number of carbonyl (C=O) groups is 1. The van der Waals surface area contributed by atoms with Gasteiger partial charge in [0.05, 0.1) is 16.6 Å². The van der Waals surface area contributed by atoms with Crippen LogP contribution < -0.4 is 0 Å². The van der Waals surface area contributed by atoms with Crippen LogP contribution in [0.4, 0.5) is 0 Å². The quantitative estimate of drug-likeness (QED) is 0.496. The number of aromatic nitrogens is 4. The van der Waals surface area contributed by atoms with Crippen molar-refractivity contribution in [3.05, 3.63) is 65.0 Å². The van der Waals surface area contributed by atoms with Crippen molar-refractivity contribution in [3.8, 4) is 22.0 Å². The average molecular weight is 449 g/mol. The lowest BCUT2D eigenvalue weighted by Crippen LogP contribution is -2.49. The lowest BCUT2D eigenvalue weighted by atomic mass is 10.1. The van der Waals surface area contributed by atoms with E-state index in [-0.39, 0.29) is 11.9 Å². The van der Waals surface area contributed by atoms with Gasteiger partial charge in [-0.05, 0) is 31.4 Å². The van der Waals surface area contributed by atoms with Gasteiger partial charge in [-0.3, -0.25) is 14.8 Å². The molecule has 4 aromatic rings. The topological polar surface area (TPSA) is 91.2 Å². The van der Waals surface area contributed by atoms with Crippen LogP contribution in [0.1, 0.15) is 34.9 Å². The first-order valence-corrected chi connectivity index (χ1v) is 11.5. The van der Waals surface area contributed by atoms with E-state index in [0.717, 1.165) is 29.2 Å². The SMILES string of the molecule is Cc1ccc(-c2noc(C(C)N3CCN(C(=O)c4cc(-c5cccs5)[nH]n4)CC3)n2)cc1. The molecule has 0 aliphatic carbocycles. The molecule has 1 aromatic carbocycles. The van der Waals surface area contributed by atoms with E-state index in [0.29, 0.717) is 30.5 Å². The zero-order valence-corrected chi connectivity index (χ0v) is 18.8. The molecule has 1 N–H and O–H groups in total. The van der Waals surface area contributed by atoms with Crippen LogP contribution in [0.15, 0.2) is 52.4 Å². The molecule has 9 heteroatoms. The van der Waals surface area contributed by atoms with Crippen LogP contribution in [0.2, 0.25) is 0 Å². The Morgan fingerprint density at radius 1 is 1.16 bits per heavy atom. The predicted octanol–water partition coefficient (Wildman–Crippen LogP) is 4.02. The molecule has 32 heavy (non-hydrogen) atoms. The Morgan fingerprint density at radius 2 is 1.94 bits per heavy atom. The molecule has 0 spiro atoms. The highest BCUT2D eigenvalue weighted by atomic mass is 32.1. The van der Waals surface area contributed by atoms with E-state index < -0.39 is 0 Å². The highest BCUT2D eigenvalue weighted by molar-refractivity contribution is 7.13. The van der Waals surface area contributed by atoms with E-state index in [1.165, 1.54) is 5.56 Å². The van der Waals surface area contributed by atoms with Crippen LogP contribution in [0.3, 0.4) is 0 Å². The van der Waals surface area contributed by atoms with Crippen molar-refractivity contribution in [2.45, 2.75) is 19.9 Å². The fourth-order valence-corrected chi connectivity index (χ4v) is 4.54. The van der Waals surface area contributed by atoms with Gasteiger partial charge in [0.1, 0.15) is 0 Å². The van der Waals surface area contributed by atoms with E-state index in [4.69, 9.17) is 4.52 Å². The van der Waals surface area contributed by atoms with Gasteiger partial charge < -0.3 is 9.42 Å². The van der Waals surface area contributed by atoms with Crippen molar-refractivity contribution in [3.63, 3.8) is 0 Å². The largest absolute Gasteiger partial charge is 0.337 e. The molecule has 1 aliphatic heterocycles. The van der Waals surface area contributed by atoms with Gasteiger partial charge in [-0.25, -0.2) is 0 Å². The van der Waals surface area contributed by atoms with Crippen molar-refractivity contribution >= 4 is 17.2 Å². The second-order valence-corrected chi connectivity index (χ2v) is 8.92. The molecule has 0 saturated carbocycles. The molecular formula is C23H24N6O2S. The number of hydrogen-bond acceptors (Lipinski definition) is 7. The summed E-state index contributed by atoms with van der Waals surface area (Å²) in [7, 11) is 0. The molecule has 1 atom stereocenters. The second kappa shape index (κ2) is 8.68. The van der Waals surface area contributed by atoms with Crippen LogP contribution >= 0.6 is 11.3 Å². The molecule has 0 bridgehead atoms. The fourth-order valence-electron chi connectivity index (χ4n) is 3.84. The zero-order valence-electron chi connectivity index (χ0n) is 18.0. The number of carbonyl (C=O) groups excluding carboxylic acids is 1. The molecule has 4 heterocycles. The van der Waals surface area contributed by atoms with E-state index in [1.807, 2.05) is 59.7 Å². The molecule has 164 valence electrons. The van der Waals surface area contributed by atoms with E-state index >= 15 is 0 Å². The number of hydrogen-bond donors (Lipinski definition) is 1. The van der Waals surface area contributed by atoms with Gasteiger partial charge in [-0.15, -0.1) is 11.3 Å². The molecule has 1 unspecified atom stereocenters. The minimum atomic E-state index is -0.0455. The van der Waals surface area contributed by atoms with Gasteiger partial charge in [0.25, 0.3) is 5.91 Å². The third kappa shape index (κ3) is 4.09. The monoisotopic (exact) mass is 448 g/mol. The van der Waals surface area contributed by atoms with E-state index in [9.17, 15) is 4.79 Å². The molecule has 8 nitrogen and oxygen atoms in total. The van der Waals surface area contributed by atoms with Gasteiger partial charge in [-0.2, -0.15) is 10.1 Å². The summed E-state index contributed by atoms with van der Waals surface area (Å²) in [5.41, 5.74) is 3.45. The van der Waals surface area contributed by atoms with Crippen molar-refractivity contribution in [2.24, 2.45) is 0 Å². The number of piperazine rings is 1. The highest BCUT2D eigenvalue weighted by Gasteiger charge is 2.29. The zero-order chi connectivity index (χ0) is 22.1. The first-order chi connectivity index (χ1) is 15.6. The summed E-state index contributed by atoms with van der Waals surface area (Å²) < 4.78 is 5.55. The van der Waals surface area contributed by atoms with Crippen molar-refractivity contribution in [2.75, 3.05) is 26.2 Å². The number of amides is 1. The predicted molar refractivity (Wildman–Crippen MR) is 122 cm³/mol. The van der Waals surface area contributed by atoms with Gasteiger partial charge in [-0.1, -0.05) is 41.1 Å². The Kier molecular flexibility index (Phi) is 5.59. The number of benzene rings is 1. The maximum atomic E-state index is 12.9. The highest BCUT2D eigenvalue weighted by Crippen LogP contribution is 2.25. The number of thiophene rings is 1. The van der Waals surface area contributed by atoms with Crippen molar-refractivity contribution in [1.29, 1.82) is 0 Å². The Morgan fingerprint density at radius 3 is 2.66 bits per heavy atom. The molecular weight excluding hydrogens is 424 g/mol. The first kappa shape index (κ1) is 20.6. The summed E-state index contributed by atoms with van der Waals surface area (Å²) >= 11 is 1.62.